The Hall–Kier alpha value is 0.250. The van der Waals surface area contributed by atoms with Gasteiger partial charge >= 0.3 is 0 Å². The van der Waals surface area contributed by atoms with E-state index in [9.17, 15) is 0 Å². The zero-order chi connectivity index (χ0) is 22.7. The molecule has 1 nitrogen and oxygen atoms in total. The molecule has 32 heavy (non-hydrogen) atoms. The van der Waals surface area contributed by atoms with Gasteiger partial charge < -0.3 is 4.90 Å². The number of hydrogen-bond donors (Lipinski definition) is 0. The van der Waals surface area contributed by atoms with Crippen LogP contribution in [0.3, 0.4) is 0 Å². The van der Waals surface area contributed by atoms with E-state index < -0.39 is 0 Å². The molecule has 0 amide bonds. The van der Waals surface area contributed by atoms with Crippen molar-refractivity contribution in [1.82, 2.24) is 4.90 Å². The van der Waals surface area contributed by atoms with Crippen LogP contribution in [0.25, 0.3) is 0 Å². The summed E-state index contributed by atoms with van der Waals surface area (Å²) in [5.74, 6) is 0. The maximum Gasteiger partial charge on any atom is -0.00190 e. The van der Waals surface area contributed by atoms with Crippen molar-refractivity contribution in [3.05, 3.63) is 0 Å². The number of hydrogen-bond acceptors (Lipinski definition) is 1. The highest BCUT2D eigenvalue weighted by molar-refractivity contribution is 5.85. The maximum absolute atomic E-state index is 2.55. The first kappa shape index (κ1) is 34.4. The molecule has 0 fully saturated rings. The van der Waals surface area contributed by atoms with Gasteiger partial charge in [-0.15, -0.1) is 12.4 Å². The van der Waals surface area contributed by atoms with E-state index in [4.69, 9.17) is 0 Å². The summed E-state index contributed by atoms with van der Waals surface area (Å²) in [4.78, 5) is 2.55. The van der Waals surface area contributed by atoms with Crippen molar-refractivity contribution in [3.8, 4) is 0 Å². The Morgan fingerprint density at radius 3 is 0.750 bits per heavy atom. The monoisotopic (exact) mass is 473 g/mol. The largest absolute Gasteiger partial charge is 0.304 e. The third-order valence-corrected chi connectivity index (χ3v) is 7.22. The summed E-state index contributed by atoms with van der Waals surface area (Å²) >= 11 is 0. The van der Waals surface area contributed by atoms with E-state index >= 15 is 0 Å². The van der Waals surface area contributed by atoms with Gasteiger partial charge in [0, 0.05) is 0 Å². The van der Waals surface area contributed by atoms with Crippen LogP contribution in [-0.2, 0) is 0 Å². The van der Waals surface area contributed by atoms with Crippen LogP contribution in [-0.4, -0.2) is 24.5 Å². The van der Waals surface area contributed by atoms with Crippen LogP contribution in [0.5, 0.6) is 0 Å². The predicted molar refractivity (Wildman–Crippen MR) is 152 cm³/mol. The van der Waals surface area contributed by atoms with Crippen molar-refractivity contribution in [2.75, 3.05) is 19.6 Å². The molecule has 0 atom stereocenters. The van der Waals surface area contributed by atoms with Crippen molar-refractivity contribution in [3.63, 3.8) is 0 Å². The molecule has 196 valence electrons. The fourth-order valence-electron chi connectivity index (χ4n) is 4.84. The summed E-state index contributed by atoms with van der Waals surface area (Å²) in [7, 11) is 0. The molecule has 0 aromatic carbocycles. The summed E-state index contributed by atoms with van der Waals surface area (Å²) in [5, 5.41) is 0. The van der Waals surface area contributed by atoms with Gasteiger partial charge in [0.15, 0.2) is 0 Å². The number of unbranched alkanes of at least 4 members (excludes halogenated alkanes) is 23. The standard InChI is InChI=1S/C30H63N.ClH/c1-4-7-8-9-10-11-12-13-14-15-16-17-18-19-20-21-22-23-24-25-26-27-28-29-30-31(5-2)6-3;/h4-30H2,1-3H3;1H. The first-order valence-electron chi connectivity index (χ1n) is 15.1. The second-order valence-electron chi connectivity index (χ2n) is 10.2. The lowest BCUT2D eigenvalue weighted by Crippen LogP contribution is -2.23. The van der Waals surface area contributed by atoms with E-state index in [1.807, 2.05) is 0 Å². The van der Waals surface area contributed by atoms with Crippen molar-refractivity contribution < 1.29 is 0 Å². The molecule has 0 aromatic rings. The maximum atomic E-state index is 2.55. The van der Waals surface area contributed by atoms with Gasteiger partial charge in [-0.05, 0) is 26.1 Å². The Bertz CT molecular complexity index is 303. The summed E-state index contributed by atoms with van der Waals surface area (Å²) in [6.07, 6.45) is 35.3. The highest BCUT2D eigenvalue weighted by Crippen LogP contribution is 2.15. The van der Waals surface area contributed by atoms with Crippen molar-refractivity contribution in [2.24, 2.45) is 0 Å². The van der Waals surface area contributed by atoms with Gasteiger partial charge in [0.05, 0.1) is 0 Å². The number of nitrogens with zero attached hydrogens (tertiary/aromatic N) is 1. The molecule has 0 radical (unpaired) electrons. The molecule has 0 spiro atoms. The Morgan fingerprint density at radius 1 is 0.312 bits per heavy atom. The SMILES string of the molecule is CCCCCCCCCCCCCCCCCCCCCCCCCCN(CC)CC.Cl. The van der Waals surface area contributed by atoms with E-state index in [2.05, 4.69) is 25.7 Å². The zero-order valence-corrected chi connectivity index (χ0v) is 23.8. The van der Waals surface area contributed by atoms with E-state index in [-0.39, 0.29) is 12.4 Å². The minimum atomic E-state index is 0. The normalized spacial score (nSPS) is 11.2. The first-order valence-corrected chi connectivity index (χ1v) is 15.1. The van der Waals surface area contributed by atoms with Crippen LogP contribution < -0.4 is 0 Å². The molecule has 0 aromatic heterocycles. The van der Waals surface area contributed by atoms with E-state index in [1.165, 1.54) is 174 Å². The smallest absolute Gasteiger partial charge is 0.00190 e. The van der Waals surface area contributed by atoms with Crippen LogP contribution in [0, 0.1) is 0 Å². The van der Waals surface area contributed by atoms with Crippen LogP contribution in [0.2, 0.25) is 0 Å². The van der Waals surface area contributed by atoms with Gasteiger partial charge in [0.2, 0.25) is 0 Å². The van der Waals surface area contributed by atoms with E-state index in [1.54, 1.807) is 0 Å². The molecule has 0 saturated heterocycles. The molecule has 0 saturated carbocycles. The van der Waals surface area contributed by atoms with Crippen LogP contribution in [0.4, 0.5) is 0 Å². The molecular weight excluding hydrogens is 410 g/mol. The first-order chi connectivity index (χ1) is 15.3. The van der Waals surface area contributed by atoms with Gasteiger partial charge in [-0.3, -0.25) is 0 Å². The lowest BCUT2D eigenvalue weighted by atomic mass is 10.0. The Kier molecular flexibility index (Phi) is 33.6. The Labute approximate surface area is 211 Å². The second kappa shape index (κ2) is 31.2. The molecule has 0 bridgehead atoms. The summed E-state index contributed by atoms with van der Waals surface area (Å²) in [5.41, 5.74) is 0. The molecule has 0 N–H and O–H groups in total. The van der Waals surface area contributed by atoms with E-state index in [0.717, 1.165) is 0 Å². The summed E-state index contributed by atoms with van der Waals surface area (Å²) < 4.78 is 0. The molecule has 0 aliphatic carbocycles. The van der Waals surface area contributed by atoms with Gasteiger partial charge in [-0.2, -0.15) is 0 Å². The lowest BCUT2D eigenvalue weighted by molar-refractivity contribution is 0.295. The average Bonchev–Trinajstić information content (AvgIpc) is 2.79. The zero-order valence-electron chi connectivity index (χ0n) is 22.9. The minimum Gasteiger partial charge on any atom is -0.304 e. The topological polar surface area (TPSA) is 3.24 Å². The Morgan fingerprint density at radius 2 is 0.531 bits per heavy atom. The van der Waals surface area contributed by atoms with Crippen LogP contribution in [0.1, 0.15) is 175 Å². The van der Waals surface area contributed by atoms with Crippen molar-refractivity contribution in [2.45, 2.75) is 175 Å². The highest BCUT2D eigenvalue weighted by atomic mass is 35.5. The summed E-state index contributed by atoms with van der Waals surface area (Å²) in [6, 6.07) is 0. The molecule has 0 aliphatic rings. The second-order valence-corrected chi connectivity index (χ2v) is 10.2. The minimum absolute atomic E-state index is 0. The average molecular weight is 474 g/mol. The third-order valence-electron chi connectivity index (χ3n) is 7.22. The predicted octanol–water partition coefficient (Wildman–Crippen LogP) is 11.1. The van der Waals surface area contributed by atoms with Crippen LogP contribution >= 0.6 is 12.4 Å². The van der Waals surface area contributed by atoms with Gasteiger partial charge in [-0.1, -0.05) is 168 Å². The molecule has 0 aliphatic heterocycles. The quantitative estimate of drug-likeness (QED) is 0.107. The van der Waals surface area contributed by atoms with Gasteiger partial charge in [-0.25, -0.2) is 0 Å². The molecular formula is C30H64ClN. The molecule has 0 heterocycles. The van der Waals surface area contributed by atoms with Gasteiger partial charge in [0.1, 0.15) is 0 Å². The molecule has 0 unspecified atom stereocenters. The fourth-order valence-corrected chi connectivity index (χ4v) is 4.84. The molecule has 0 rings (SSSR count). The van der Waals surface area contributed by atoms with Crippen molar-refractivity contribution in [1.29, 1.82) is 0 Å². The van der Waals surface area contributed by atoms with Crippen LogP contribution in [0.15, 0.2) is 0 Å². The highest BCUT2D eigenvalue weighted by Gasteiger charge is 1.98. The number of rotatable bonds is 27. The van der Waals surface area contributed by atoms with Gasteiger partial charge in [0.25, 0.3) is 0 Å². The summed E-state index contributed by atoms with van der Waals surface area (Å²) in [6.45, 7) is 10.6. The number of halogens is 1. The third kappa shape index (κ3) is 28.3. The van der Waals surface area contributed by atoms with E-state index in [0.29, 0.717) is 0 Å². The van der Waals surface area contributed by atoms with Crippen molar-refractivity contribution >= 4 is 12.4 Å². The lowest BCUT2D eigenvalue weighted by Gasteiger charge is -2.17. The Balaban J connectivity index is 0. The fraction of sp³-hybridized carbons (Fsp3) is 1.00. The molecule has 2 heteroatoms.